The summed E-state index contributed by atoms with van der Waals surface area (Å²) in [6.45, 7) is 2.46. The van der Waals surface area contributed by atoms with Crippen LogP contribution in [0, 0.1) is 6.92 Å². The molecule has 0 spiro atoms. The quantitative estimate of drug-likeness (QED) is 0.397. The number of carbonyl (C=O) groups is 1. The molecule has 1 aliphatic rings. The first-order valence-corrected chi connectivity index (χ1v) is 12.5. The van der Waals surface area contributed by atoms with Gasteiger partial charge in [0.05, 0.1) is 16.8 Å². The van der Waals surface area contributed by atoms with Crippen molar-refractivity contribution in [3.8, 4) is 16.9 Å². The molecule has 4 heterocycles. The van der Waals surface area contributed by atoms with Crippen molar-refractivity contribution in [2.75, 3.05) is 6.54 Å². The molecule has 0 aliphatic carbocycles. The van der Waals surface area contributed by atoms with E-state index >= 15 is 0 Å². The summed E-state index contributed by atoms with van der Waals surface area (Å²) in [6, 6.07) is 8.11. The monoisotopic (exact) mass is 526 g/mol. The molecule has 0 radical (unpaired) electrons. The fourth-order valence-electron chi connectivity index (χ4n) is 4.43. The van der Waals surface area contributed by atoms with Crippen LogP contribution in [0.25, 0.3) is 21.3 Å². The van der Waals surface area contributed by atoms with Crippen molar-refractivity contribution < 1.29 is 14.6 Å². The van der Waals surface area contributed by atoms with E-state index in [9.17, 15) is 19.5 Å². The fraction of sp³-hybridized carbons (Fsp3) is 0.280. The van der Waals surface area contributed by atoms with Crippen LogP contribution in [0.1, 0.15) is 16.9 Å². The molecule has 3 aromatic heterocycles. The van der Waals surface area contributed by atoms with Crippen molar-refractivity contribution in [1.29, 1.82) is 0 Å². The number of hydrogen-bond donors (Lipinski definition) is 2. The van der Waals surface area contributed by atoms with Crippen LogP contribution in [-0.2, 0) is 18.4 Å². The van der Waals surface area contributed by atoms with E-state index in [2.05, 4.69) is 10.3 Å². The molecule has 11 heteroatoms. The number of pyridine rings is 1. The first kappa shape index (κ1) is 24.2. The largest absolute Gasteiger partial charge is 0.488 e. The molecule has 4 aromatic rings. The van der Waals surface area contributed by atoms with Gasteiger partial charge in [0, 0.05) is 59.5 Å². The van der Waals surface area contributed by atoms with E-state index in [1.165, 1.54) is 32.7 Å². The highest BCUT2D eigenvalue weighted by Crippen LogP contribution is 2.42. The van der Waals surface area contributed by atoms with Gasteiger partial charge in [-0.05, 0) is 36.8 Å². The molecule has 186 valence electrons. The first-order chi connectivity index (χ1) is 17.2. The minimum atomic E-state index is -0.900. The molecule has 0 unspecified atom stereocenters. The van der Waals surface area contributed by atoms with E-state index in [1.807, 2.05) is 31.2 Å². The highest BCUT2D eigenvalue weighted by Gasteiger charge is 2.31. The van der Waals surface area contributed by atoms with Crippen LogP contribution < -0.4 is 21.3 Å². The molecule has 36 heavy (non-hydrogen) atoms. The maximum Gasteiger partial charge on any atom is 0.331 e. The molecule has 0 saturated carbocycles. The second-order valence-electron chi connectivity index (χ2n) is 8.79. The van der Waals surface area contributed by atoms with Gasteiger partial charge in [-0.25, -0.2) is 4.79 Å². The zero-order valence-corrected chi connectivity index (χ0v) is 21.1. The number of fused-ring (bicyclic) bond motifs is 1. The van der Waals surface area contributed by atoms with Crippen molar-refractivity contribution in [2.24, 2.45) is 7.05 Å². The Kier molecular flexibility index (Phi) is 6.42. The SMILES string of the molecule is Cc1cc(Cl)cc(-c2ccnc3cc(Cn4c(=O)ccn(C)c4=O)sc23)c1O[C@H]1CN[C@@H](C(=O)O)C1. The van der Waals surface area contributed by atoms with Gasteiger partial charge < -0.3 is 19.7 Å². The topological polar surface area (TPSA) is 115 Å². The minimum Gasteiger partial charge on any atom is -0.488 e. The zero-order valence-electron chi connectivity index (χ0n) is 19.5. The van der Waals surface area contributed by atoms with Crippen molar-refractivity contribution in [3.63, 3.8) is 0 Å². The van der Waals surface area contributed by atoms with Gasteiger partial charge >= 0.3 is 11.7 Å². The lowest BCUT2D eigenvalue weighted by molar-refractivity contribution is -0.139. The summed E-state index contributed by atoms with van der Waals surface area (Å²) < 4.78 is 9.76. The number of thiophene rings is 1. The number of aryl methyl sites for hydroxylation is 2. The highest BCUT2D eigenvalue weighted by atomic mass is 35.5. The van der Waals surface area contributed by atoms with Crippen LogP contribution in [0.3, 0.4) is 0 Å². The third kappa shape index (κ3) is 4.55. The molecule has 9 nitrogen and oxygen atoms in total. The van der Waals surface area contributed by atoms with E-state index in [-0.39, 0.29) is 23.9 Å². The van der Waals surface area contributed by atoms with Gasteiger partial charge in [-0.3, -0.25) is 19.1 Å². The van der Waals surface area contributed by atoms with Gasteiger partial charge in [0.2, 0.25) is 0 Å². The Balaban J connectivity index is 1.56. The average molecular weight is 527 g/mol. The number of benzene rings is 1. The van der Waals surface area contributed by atoms with E-state index < -0.39 is 12.0 Å². The van der Waals surface area contributed by atoms with Crippen LogP contribution in [0.15, 0.2) is 52.3 Å². The summed E-state index contributed by atoms with van der Waals surface area (Å²) in [5, 5.41) is 12.8. The number of aromatic nitrogens is 3. The molecule has 5 rings (SSSR count). The summed E-state index contributed by atoms with van der Waals surface area (Å²) in [5.74, 6) is -0.267. The highest BCUT2D eigenvalue weighted by molar-refractivity contribution is 7.19. The molecule has 1 aliphatic heterocycles. The Morgan fingerprint density at radius 1 is 1.28 bits per heavy atom. The number of rotatable bonds is 6. The molecule has 1 aromatic carbocycles. The first-order valence-electron chi connectivity index (χ1n) is 11.3. The number of aliphatic carboxylic acids is 1. The second-order valence-corrected chi connectivity index (χ2v) is 10.4. The van der Waals surface area contributed by atoms with Gasteiger partial charge in [0.25, 0.3) is 5.56 Å². The molecular weight excluding hydrogens is 504 g/mol. The van der Waals surface area contributed by atoms with Gasteiger partial charge in [0.1, 0.15) is 17.9 Å². The lowest BCUT2D eigenvalue weighted by atomic mass is 10.0. The third-order valence-electron chi connectivity index (χ3n) is 6.22. The minimum absolute atomic E-state index is 0.134. The smallest absolute Gasteiger partial charge is 0.331 e. The normalized spacial score (nSPS) is 17.5. The van der Waals surface area contributed by atoms with Crippen molar-refractivity contribution in [2.45, 2.75) is 32.0 Å². The summed E-state index contributed by atoms with van der Waals surface area (Å²) >= 11 is 7.88. The number of ether oxygens (including phenoxy) is 1. The van der Waals surface area contributed by atoms with Gasteiger partial charge in [-0.2, -0.15) is 0 Å². The molecule has 0 bridgehead atoms. The molecule has 2 N–H and O–H groups in total. The van der Waals surface area contributed by atoms with Crippen LogP contribution in [0.5, 0.6) is 5.75 Å². The fourth-order valence-corrected chi connectivity index (χ4v) is 5.83. The Morgan fingerprint density at radius 3 is 2.83 bits per heavy atom. The molecule has 2 atom stereocenters. The zero-order chi connectivity index (χ0) is 25.6. The van der Waals surface area contributed by atoms with E-state index in [1.54, 1.807) is 13.2 Å². The number of nitrogens with one attached hydrogen (secondary N) is 1. The second kappa shape index (κ2) is 9.53. The van der Waals surface area contributed by atoms with Gasteiger partial charge in [-0.15, -0.1) is 11.3 Å². The molecule has 1 saturated heterocycles. The Morgan fingerprint density at radius 2 is 2.08 bits per heavy atom. The Labute approximate surface area is 214 Å². The Hall–Kier alpha value is -3.47. The van der Waals surface area contributed by atoms with E-state index in [4.69, 9.17) is 16.3 Å². The van der Waals surface area contributed by atoms with Crippen LogP contribution in [0.2, 0.25) is 5.02 Å². The van der Waals surface area contributed by atoms with Crippen molar-refractivity contribution in [3.05, 3.63) is 79.0 Å². The summed E-state index contributed by atoms with van der Waals surface area (Å²) in [5.41, 5.74) is 2.43. The predicted octanol–water partition coefficient (Wildman–Crippen LogP) is 3.03. The lowest BCUT2D eigenvalue weighted by Crippen LogP contribution is -2.37. The number of halogens is 1. The van der Waals surface area contributed by atoms with E-state index in [0.29, 0.717) is 23.7 Å². The number of carboxylic acid groups (broad SMARTS) is 1. The number of carboxylic acids is 1. The van der Waals surface area contributed by atoms with Crippen LogP contribution in [0.4, 0.5) is 0 Å². The third-order valence-corrected chi connectivity index (χ3v) is 7.58. The maximum absolute atomic E-state index is 12.5. The van der Waals surface area contributed by atoms with Crippen molar-refractivity contribution >= 4 is 39.1 Å². The lowest BCUT2D eigenvalue weighted by Gasteiger charge is -2.19. The molecular formula is C25H23ClN4O5S. The van der Waals surface area contributed by atoms with Gasteiger partial charge in [0.15, 0.2) is 0 Å². The summed E-state index contributed by atoms with van der Waals surface area (Å²) in [6.07, 6.45) is 3.20. The van der Waals surface area contributed by atoms with Crippen LogP contribution >= 0.6 is 22.9 Å². The average Bonchev–Trinajstić information content (AvgIpc) is 3.47. The molecule has 0 amide bonds. The molecule has 1 fully saturated rings. The van der Waals surface area contributed by atoms with Crippen molar-refractivity contribution in [1.82, 2.24) is 19.4 Å². The number of hydrogen-bond acceptors (Lipinski definition) is 7. The Bertz CT molecular complexity index is 1610. The van der Waals surface area contributed by atoms with E-state index in [0.717, 1.165) is 31.8 Å². The standard InChI is InChI=1S/C25H23ClN4O5S/c1-13-7-14(26)8-18(22(13)35-15-9-20(24(32)33)28-11-15)17-3-5-27-19-10-16(36-23(17)19)12-30-21(31)4-6-29(2)25(30)34/h3-8,10,15,20,28H,9,11-12H2,1-2H3,(H,32,33)/t15-,20-/m1/s1. The van der Waals surface area contributed by atoms with Crippen LogP contribution in [-0.4, -0.2) is 43.9 Å². The summed E-state index contributed by atoms with van der Waals surface area (Å²) in [4.78, 5) is 41.5. The van der Waals surface area contributed by atoms with Gasteiger partial charge in [-0.1, -0.05) is 11.6 Å². The maximum atomic E-state index is 12.5. The number of nitrogens with zero attached hydrogens (tertiary/aromatic N) is 3. The summed E-state index contributed by atoms with van der Waals surface area (Å²) in [7, 11) is 1.60. The predicted molar refractivity (Wildman–Crippen MR) is 138 cm³/mol.